The Morgan fingerprint density at radius 3 is 2.46 bits per heavy atom. The molecular formula is C20H26FN3O2. The summed E-state index contributed by atoms with van der Waals surface area (Å²) >= 11 is 0. The number of nitrogens with zero attached hydrogens (tertiary/aromatic N) is 2. The molecule has 1 saturated heterocycles. The summed E-state index contributed by atoms with van der Waals surface area (Å²) in [6.07, 6.45) is 1.49. The number of hydrogen-bond acceptors (Lipinski definition) is 3. The minimum atomic E-state index is -0.523. The van der Waals surface area contributed by atoms with Crippen LogP contribution in [-0.4, -0.2) is 30.1 Å². The third kappa shape index (κ3) is 4.77. The quantitative estimate of drug-likeness (QED) is 0.645. The zero-order chi connectivity index (χ0) is 19.5. The summed E-state index contributed by atoms with van der Waals surface area (Å²) in [7, 11) is 0. The van der Waals surface area contributed by atoms with Crippen LogP contribution in [0.5, 0.6) is 0 Å². The first-order valence-electron chi connectivity index (χ1n) is 8.71. The van der Waals surface area contributed by atoms with Crippen molar-refractivity contribution in [3.63, 3.8) is 0 Å². The molecule has 1 aliphatic heterocycles. The molecule has 0 radical (unpaired) electrons. The number of nitrogens with two attached hydrogens (primary N) is 1. The monoisotopic (exact) mass is 359 g/mol. The van der Waals surface area contributed by atoms with Crippen molar-refractivity contribution in [3.05, 3.63) is 36.4 Å². The van der Waals surface area contributed by atoms with Crippen molar-refractivity contribution >= 4 is 29.0 Å². The van der Waals surface area contributed by atoms with Crippen LogP contribution < -0.4 is 10.6 Å². The van der Waals surface area contributed by atoms with Gasteiger partial charge in [0.15, 0.2) is 0 Å². The summed E-state index contributed by atoms with van der Waals surface area (Å²) in [5, 5.41) is 0. The van der Waals surface area contributed by atoms with Gasteiger partial charge >= 0.3 is 0 Å². The van der Waals surface area contributed by atoms with Gasteiger partial charge in [-0.15, -0.1) is 0 Å². The maximum absolute atomic E-state index is 13.2. The second-order valence-electron chi connectivity index (χ2n) is 7.59. The molecule has 1 amide bonds. The molecule has 0 spiro atoms. The zero-order valence-electron chi connectivity index (χ0n) is 15.6. The summed E-state index contributed by atoms with van der Waals surface area (Å²) in [5.41, 5.74) is 6.53. The molecule has 5 nitrogen and oxygen atoms in total. The van der Waals surface area contributed by atoms with Gasteiger partial charge in [-0.25, -0.2) is 4.39 Å². The van der Waals surface area contributed by atoms with E-state index in [1.54, 1.807) is 45.0 Å². The van der Waals surface area contributed by atoms with Crippen LogP contribution in [0.2, 0.25) is 0 Å². The largest absolute Gasteiger partial charge is 0.387 e. The topological polar surface area (TPSA) is 75.8 Å². The van der Waals surface area contributed by atoms with Crippen molar-refractivity contribution in [2.75, 3.05) is 11.4 Å². The van der Waals surface area contributed by atoms with Crippen molar-refractivity contribution in [2.45, 2.75) is 46.1 Å². The first-order chi connectivity index (χ1) is 12.1. The highest BCUT2D eigenvalue weighted by molar-refractivity contribution is 6.06. The van der Waals surface area contributed by atoms with Gasteiger partial charge in [-0.05, 0) is 25.0 Å². The number of aliphatic imine (C=N–C) groups is 1. The average molecular weight is 359 g/mol. The normalized spacial score (nSPS) is 18.1. The molecule has 1 unspecified atom stereocenters. The number of hydrogen-bond donors (Lipinski definition) is 1. The van der Waals surface area contributed by atoms with Crippen LogP contribution in [0, 0.1) is 5.41 Å². The predicted molar refractivity (Wildman–Crippen MR) is 103 cm³/mol. The SMILES string of the molecule is C=C(F)c1ccc(N2CCCC2C(=O)N=C(N)CC(=O)C(C)(C)C)cc1. The van der Waals surface area contributed by atoms with Crippen molar-refractivity contribution in [2.24, 2.45) is 16.1 Å². The van der Waals surface area contributed by atoms with Crippen LogP contribution in [0.1, 0.15) is 45.6 Å². The number of amides is 1. The lowest BCUT2D eigenvalue weighted by Gasteiger charge is -2.24. The molecule has 1 heterocycles. The highest BCUT2D eigenvalue weighted by Crippen LogP contribution is 2.28. The van der Waals surface area contributed by atoms with Gasteiger partial charge in [0, 0.05) is 23.2 Å². The second kappa shape index (κ2) is 7.81. The van der Waals surface area contributed by atoms with Crippen LogP contribution in [-0.2, 0) is 9.59 Å². The Balaban J connectivity index is 2.11. The Bertz CT molecular complexity index is 732. The molecule has 1 aromatic carbocycles. The molecule has 2 rings (SSSR count). The van der Waals surface area contributed by atoms with E-state index in [9.17, 15) is 14.0 Å². The highest BCUT2D eigenvalue weighted by Gasteiger charge is 2.31. The number of carbonyl (C=O) groups excluding carboxylic acids is 2. The predicted octanol–water partition coefficient (Wildman–Crippen LogP) is 3.48. The third-order valence-electron chi connectivity index (χ3n) is 4.48. The van der Waals surface area contributed by atoms with Crippen molar-refractivity contribution in [1.29, 1.82) is 0 Å². The van der Waals surface area contributed by atoms with Gasteiger partial charge in [-0.2, -0.15) is 4.99 Å². The van der Waals surface area contributed by atoms with E-state index in [1.807, 2.05) is 4.90 Å². The fourth-order valence-electron chi connectivity index (χ4n) is 2.85. The Kier molecular flexibility index (Phi) is 5.95. The van der Waals surface area contributed by atoms with Gasteiger partial charge < -0.3 is 10.6 Å². The minimum Gasteiger partial charge on any atom is -0.387 e. The maximum Gasteiger partial charge on any atom is 0.270 e. The molecule has 6 heteroatoms. The van der Waals surface area contributed by atoms with E-state index in [1.165, 1.54) is 0 Å². The number of halogens is 1. The summed E-state index contributed by atoms with van der Waals surface area (Å²) in [5.74, 6) is -0.852. The van der Waals surface area contributed by atoms with E-state index >= 15 is 0 Å². The molecule has 1 aromatic rings. The summed E-state index contributed by atoms with van der Waals surface area (Å²) < 4.78 is 13.2. The van der Waals surface area contributed by atoms with Gasteiger partial charge in [0.2, 0.25) is 0 Å². The van der Waals surface area contributed by atoms with Gasteiger partial charge in [-0.3, -0.25) is 9.59 Å². The number of ketones is 1. The van der Waals surface area contributed by atoms with E-state index < -0.39 is 17.3 Å². The third-order valence-corrected chi connectivity index (χ3v) is 4.48. The number of carbonyl (C=O) groups is 2. The lowest BCUT2D eigenvalue weighted by molar-refractivity contribution is -0.125. The van der Waals surface area contributed by atoms with Crippen LogP contribution in [0.3, 0.4) is 0 Å². The van der Waals surface area contributed by atoms with Crippen LogP contribution >= 0.6 is 0 Å². The van der Waals surface area contributed by atoms with Gasteiger partial charge in [-0.1, -0.05) is 39.5 Å². The Hall–Kier alpha value is -2.50. The van der Waals surface area contributed by atoms with Crippen LogP contribution in [0.4, 0.5) is 10.1 Å². The number of amidine groups is 1. The summed E-state index contributed by atoms with van der Waals surface area (Å²) in [4.78, 5) is 30.5. The number of Topliss-reactive ketones (excluding diaryl/α,β-unsaturated/α-hetero) is 1. The maximum atomic E-state index is 13.2. The van der Waals surface area contributed by atoms with E-state index in [0.717, 1.165) is 12.1 Å². The summed E-state index contributed by atoms with van der Waals surface area (Å²) in [6, 6.07) is 6.38. The van der Waals surface area contributed by atoms with E-state index in [-0.39, 0.29) is 23.9 Å². The van der Waals surface area contributed by atoms with Gasteiger partial charge in [0.05, 0.1) is 6.42 Å². The Morgan fingerprint density at radius 2 is 1.92 bits per heavy atom. The van der Waals surface area contributed by atoms with E-state index in [2.05, 4.69) is 11.6 Å². The number of anilines is 1. The highest BCUT2D eigenvalue weighted by atomic mass is 19.1. The molecular weight excluding hydrogens is 333 g/mol. The summed E-state index contributed by atoms with van der Waals surface area (Å²) in [6.45, 7) is 9.40. The zero-order valence-corrected chi connectivity index (χ0v) is 15.6. The molecule has 0 aliphatic carbocycles. The molecule has 140 valence electrons. The molecule has 2 N–H and O–H groups in total. The van der Waals surface area contributed by atoms with Crippen molar-refractivity contribution < 1.29 is 14.0 Å². The first kappa shape index (κ1) is 19.8. The van der Waals surface area contributed by atoms with E-state index in [0.29, 0.717) is 18.5 Å². The van der Waals surface area contributed by atoms with E-state index in [4.69, 9.17) is 5.73 Å². The van der Waals surface area contributed by atoms with Crippen molar-refractivity contribution in [1.82, 2.24) is 0 Å². The number of rotatable bonds is 5. The average Bonchev–Trinajstić information content (AvgIpc) is 3.03. The van der Waals surface area contributed by atoms with Crippen molar-refractivity contribution in [3.8, 4) is 0 Å². The number of benzene rings is 1. The molecule has 0 bridgehead atoms. The molecule has 1 atom stereocenters. The fourth-order valence-corrected chi connectivity index (χ4v) is 2.85. The molecule has 0 saturated carbocycles. The van der Waals surface area contributed by atoms with Crippen LogP contribution in [0.15, 0.2) is 35.8 Å². The Morgan fingerprint density at radius 1 is 1.31 bits per heavy atom. The smallest absolute Gasteiger partial charge is 0.270 e. The molecule has 26 heavy (non-hydrogen) atoms. The lowest BCUT2D eigenvalue weighted by atomic mass is 9.89. The second-order valence-corrected chi connectivity index (χ2v) is 7.59. The molecule has 0 aromatic heterocycles. The fraction of sp³-hybridized carbons (Fsp3) is 0.450. The lowest BCUT2D eigenvalue weighted by Crippen LogP contribution is -2.36. The minimum absolute atomic E-state index is 0.0325. The standard InChI is InChI=1S/C20H26FN3O2/c1-13(21)14-7-9-15(10-8-14)24-11-5-6-16(24)19(26)23-18(22)12-17(25)20(2,3)4/h7-10,16H,1,5-6,11-12H2,2-4H3,(H2,22,23,26). The van der Waals surface area contributed by atoms with Gasteiger partial charge in [0.1, 0.15) is 23.5 Å². The molecule has 1 aliphatic rings. The van der Waals surface area contributed by atoms with Crippen LogP contribution in [0.25, 0.3) is 5.83 Å². The molecule has 1 fully saturated rings. The Labute approximate surface area is 153 Å². The first-order valence-corrected chi connectivity index (χ1v) is 8.71. The van der Waals surface area contributed by atoms with Gasteiger partial charge in [0.25, 0.3) is 5.91 Å².